The Morgan fingerprint density at radius 1 is 1.33 bits per heavy atom. The van der Waals surface area contributed by atoms with Crippen LogP contribution in [0.4, 0.5) is 22.0 Å². The van der Waals surface area contributed by atoms with Crippen molar-refractivity contribution in [1.82, 2.24) is 4.90 Å². The van der Waals surface area contributed by atoms with Gasteiger partial charge in [0.05, 0.1) is 0 Å². The number of piperidine rings is 1. The Hall–Kier alpha value is -0.920. The molecule has 3 nitrogen and oxygen atoms in total. The summed E-state index contributed by atoms with van der Waals surface area (Å²) in [6, 6.07) is 0. The van der Waals surface area contributed by atoms with Crippen molar-refractivity contribution in [3.8, 4) is 0 Å². The molecule has 8 heteroatoms. The molecule has 2 unspecified atom stereocenters. The Bertz CT molecular complexity index is 318. The molecule has 0 aromatic carbocycles. The normalized spacial score (nSPS) is 26.3. The molecule has 1 aliphatic heterocycles. The molecule has 0 aromatic rings. The fourth-order valence-corrected chi connectivity index (χ4v) is 1.96. The van der Waals surface area contributed by atoms with Gasteiger partial charge in [-0.2, -0.15) is 22.0 Å². The van der Waals surface area contributed by atoms with E-state index in [-0.39, 0.29) is 31.5 Å². The molecule has 0 radical (unpaired) electrons. The SMILES string of the molecule is CC1CCN(C(=O)C(F)(F)C(F)(F)F)CC1CN. The van der Waals surface area contributed by atoms with Crippen LogP contribution in [0.2, 0.25) is 0 Å². The van der Waals surface area contributed by atoms with Gasteiger partial charge in [0.25, 0.3) is 0 Å². The van der Waals surface area contributed by atoms with E-state index in [4.69, 9.17) is 5.73 Å². The molecule has 0 spiro atoms. The monoisotopic (exact) mass is 274 g/mol. The highest BCUT2D eigenvalue weighted by Gasteiger charge is 2.64. The lowest BCUT2D eigenvalue weighted by Gasteiger charge is -2.38. The second kappa shape index (κ2) is 4.99. The zero-order valence-corrected chi connectivity index (χ0v) is 9.81. The molecule has 1 amide bonds. The average molecular weight is 274 g/mol. The fourth-order valence-electron chi connectivity index (χ4n) is 1.96. The molecule has 0 bridgehead atoms. The molecule has 106 valence electrons. The summed E-state index contributed by atoms with van der Waals surface area (Å²) in [5, 5.41) is 0. The zero-order chi connectivity index (χ0) is 14.1. The summed E-state index contributed by atoms with van der Waals surface area (Å²) in [6.45, 7) is 1.74. The summed E-state index contributed by atoms with van der Waals surface area (Å²) < 4.78 is 62.0. The smallest absolute Gasteiger partial charge is 0.337 e. The minimum absolute atomic E-state index is 0.0951. The molecule has 1 aliphatic rings. The molecule has 2 atom stereocenters. The molecular formula is C10H15F5N2O. The van der Waals surface area contributed by atoms with Gasteiger partial charge in [0.2, 0.25) is 0 Å². The van der Waals surface area contributed by atoms with Crippen molar-refractivity contribution in [1.29, 1.82) is 0 Å². The highest BCUT2D eigenvalue weighted by Crippen LogP contribution is 2.38. The van der Waals surface area contributed by atoms with Crippen LogP contribution in [0, 0.1) is 11.8 Å². The Kier molecular flexibility index (Phi) is 4.19. The first-order valence-corrected chi connectivity index (χ1v) is 5.55. The van der Waals surface area contributed by atoms with Crippen molar-refractivity contribution >= 4 is 5.91 Å². The maximum absolute atomic E-state index is 12.9. The van der Waals surface area contributed by atoms with Crippen LogP contribution in [-0.2, 0) is 4.79 Å². The number of halogens is 5. The lowest BCUT2D eigenvalue weighted by atomic mass is 9.87. The quantitative estimate of drug-likeness (QED) is 0.778. The maximum Gasteiger partial charge on any atom is 0.463 e. The van der Waals surface area contributed by atoms with Crippen molar-refractivity contribution in [3.63, 3.8) is 0 Å². The fraction of sp³-hybridized carbons (Fsp3) is 0.900. The summed E-state index contributed by atoms with van der Waals surface area (Å²) in [5.41, 5.74) is 5.40. The molecule has 18 heavy (non-hydrogen) atoms. The Balaban J connectivity index is 2.80. The van der Waals surface area contributed by atoms with E-state index in [0.29, 0.717) is 11.3 Å². The van der Waals surface area contributed by atoms with Gasteiger partial charge in [-0.1, -0.05) is 6.92 Å². The standard InChI is InChI=1S/C10H15F5N2O/c1-6-2-3-17(5-7(6)4-16)8(18)9(11,12)10(13,14)15/h6-7H,2-5,16H2,1H3. The van der Waals surface area contributed by atoms with Crippen LogP contribution in [0.1, 0.15) is 13.3 Å². The van der Waals surface area contributed by atoms with Crippen LogP contribution in [0.3, 0.4) is 0 Å². The first kappa shape index (κ1) is 15.1. The van der Waals surface area contributed by atoms with Gasteiger partial charge in [-0.15, -0.1) is 0 Å². The number of nitrogens with two attached hydrogens (primary N) is 1. The van der Waals surface area contributed by atoms with Crippen molar-refractivity contribution in [2.45, 2.75) is 25.4 Å². The number of carbonyl (C=O) groups is 1. The van der Waals surface area contributed by atoms with Crippen LogP contribution in [-0.4, -0.2) is 42.5 Å². The van der Waals surface area contributed by atoms with E-state index in [9.17, 15) is 26.7 Å². The van der Waals surface area contributed by atoms with Crippen molar-refractivity contribution in [2.75, 3.05) is 19.6 Å². The summed E-state index contributed by atoms with van der Waals surface area (Å²) in [5.74, 6) is -7.64. The molecule has 1 rings (SSSR count). The highest BCUT2D eigenvalue weighted by atomic mass is 19.4. The number of hydrogen-bond acceptors (Lipinski definition) is 2. The third-order valence-corrected chi connectivity index (χ3v) is 3.33. The lowest BCUT2D eigenvalue weighted by Crippen LogP contribution is -2.56. The number of hydrogen-bond donors (Lipinski definition) is 1. The molecular weight excluding hydrogens is 259 g/mol. The molecule has 0 saturated carbocycles. The predicted molar refractivity (Wildman–Crippen MR) is 53.9 cm³/mol. The number of rotatable bonds is 2. The molecule has 2 N–H and O–H groups in total. The first-order chi connectivity index (χ1) is 8.11. The van der Waals surface area contributed by atoms with Gasteiger partial charge in [0.1, 0.15) is 0 Å². The maximum atomic E-state index is 12.9. The van der Waals surface area contributed by atoms with Crippen LogP contribution in [0.15, 0.2) is 0 Å². The number of amides is 1. The van der Waals surface area contributed by atoms with E-state index in [1.165, 1.54) is 0 Å². The number of carbonyl (C=O) groups excluding carboxylic acids is 1. The number of likely N-dealkylation sites (tertiary alicyclic amines) is 1. The molecule has 1 saturated heterocycles. The van der Waals surface area contributed by atoms with Gasteiger partial charge in [0, 0.05) is 13.1 Å². The van der Waals surface area contributed by atoms with E-state index in [1.54, 1.807) is 0 Å². The average Bonchev–Trinajstić information content (AvgIpc) is 2.27. The van der Waals surface area contributed by atoms with Gasteiger partial charge in [-0.05, 0) is 24.8 Å². The van der Waals surface area contributed by atoms with Gasteiger partial charge < -0.3 is 10.6 Å². The molecule has 0 aromatic heterocycles. The highest BCUT2D eigenvalue weighted by molar-refractivity contribution is 5.84. The van der Waals surface area contributed by atoms with Crippen molar-refractivity contribution in [2.24, 2.45) is 17.6 Å². The number of alkyl halides is 5. The van der Waals surface area contributed by atoms with E-state index >= 15 is 0 Å². The van der Waals surface area contributed by atoms with E-state index < -0.39 is 18.0 Å². The summed E-state index contributed by atoms with van der Waals surface area (Å²) in [4.78, 5) is 11.8. The zero-order valence-electron chi connectivity index (χ0n) is 9.81. The Morgan fingerprint density at radius 2 is 1.89 bits per heavy atom. The van der Waals surface area contributed by atoms with Crippen LogP contribution in [0.5, 0.6) is 0 Å². The summed E-state index contributed by atoms with van der Waals surface area (Å²) in [6.07, 6.45) is -5.48. The van der Waals surface area contributed by atoms with Crippen LogP contribution in [0.25, 0.3) is 0 Å². The lowest BCUT2D eigenvalue weighted by molar-refractivity contribution is -0.275. The van der Waals surface area contributed by atoms with Crippen LogP contribution >= 0.6 is 0 Å². The van der Waals surface area contributed by atoms with Gasteiger partial charge in [0.15, 0.2) is 0 Å². The second-order valence-electron chi connectivity index (χ2n) is 4.59. The van der Waals surface area contributed by atoms with Gasteiger partial charge in [-0.3, -0.25) is 4.79 Å². The Labute approximate surface area is 101 Å². The largest absolute Gasteiger partial charge is 0.463 e. The van der Waals surface area contributed by atoms with E-state index in [1.807, 2.05) is 6.92 Å². The molecule has 1 heterocycles. The second-order valence-corrected chi connectivity index (χ2v) is 4.59. The van der Waals surface area contributed by atoms with E-state index in [0.717, 1.165) is 0 Å². The van der Waals surface area contributed by atoms with Gasteiger partial charge in [-0.25, -0.2) is 0 Å². The molecule has 1 fully saturated rings. The van der Waals surface area contributed by atoms with Gasteiger partial charge >= 0.3 is 18.0 Å². The van der Waals surface area contributed by atoms with Crippen molar-refractivity contribution in [3.05, 3.63) is 0 Å². The molecule has 0 aliphatic carbocycles. The third-order valence-electron chi connectivity index (χ3n) is 3.33. The first-order valence-electron chi connectivity index (χ1n) is 5.55. The topological polar surface area (TPSA) is 46.3 Å². The van der Waals surface area contributed by atoms with E-state index in [2.05, 4.69) is 0 Å². The Morgan fingerprint density at radius 3 is 2.33 bits per heavy atom. The van der Waals surface area contributed by atoms with Crippen LogP contribution < -0.4 is 5.73 Å². The predicted octanol–water partition coefficient (Wildman–Crippen LogP) is 1.63. The number of nitrogens with zero attached hydrogens (tertiary/aromatic N) is 1. The van der Waals surface area contributed by atoms with Crippen molar-refractivity contribution < 1.29 is 26.7 Å². The minimum Gasteiger partial charge on any atom is -0.337 e. The summed E-state index contributed by atoms with van der Waals surface area (Å²) in [7, 11) is 0. The minimum atomic E-state index is -5.86. The summed E-state index contributed by atoms with van der Waals surface area (Å²) >= 11 is 0. The third kappa shape index (κ3) is 2.73.